The Kier molecular flexibility index (Phi) is 4.47. The van der Waals surface area contributed by atoms with Crippen LogP contribution in [0.4, 0.5) is 5.13 Å². The van der Waals surface area contributed by atoms with E-state index in [9.17, 15) is 9.59 Å². The van der Waals surface area contributed by atoms with Gasteiger partial charge in [-0.3, -0.25) is 9.59 Å². The molecule has 2 aliphatic rings. The molecule has 0 bridgehead atoms. The molecule has 6 heteroatoms. The van der Waals surface area contributed by atoms with Crippen LogP contribution in [0.5, 0.6) is 0 Å². The molecule has 120 valence electrons. The van der Waals surface area contributed by atoms with Crippen LogP contribution in [-0.4, -0.2) is 34.8 Å². The fraction of sp³-hybridized carbons (Fsp3) is 0.688. The van der Waals surface area contributed by atoms with Gasteiger partial charge in [0.25, 0.3) is 0 Å². The fourth-order valence-corrected chi connectivity index (χ4v) is 3.85. The highest BCUT2D eigenvalue weighted by Gasteiger charge is 2.30. The number of anilines is 1. The molecule has 1 saturated carbocycles. The van der Waals surface area contributed by atoms with Gasteiger partial charge in [0, 0.05) is 24.4 Å². The van der Waals surface area contributed by atoms with Crippen LogP contribution in [0.1, 0.15) is 38.8 Å². The highest BCUT2D eigenvalue weighted by molar-refractivity contribution is 7.13. The van der Waals surface area contributed by atoms with E-state index in [-0.39, 0.29) is 17.7 Å². The molecule has 0 spiro atoms. The van der Waals surface area contributed by atoms with E-state index in [2.05, 4.69) is 24.1 Å². The minimum atomic E-state index is 0.0610. The van der Waals surface area contributed by atoms with E-state index < -0.39 is 0 Å². The van der Waals surface area contributed by atoms with Crippen molar-refractivity contribution in [3.8, 4) is 0 Å². The first-order valence-corrected chi connectivity index (χ1v) is 8.92. The zero-order valence-electron chi connectivity index (χ0n) is 13.2. The van der Waals surface area contributed by atoms with E-state index in [1.54, 1.807) is 0 Å². The van der Waals surface area contributed by atoms with Crippen LogP contribution in [0.2, 0.25) is 0 Å². The molecule has 22 heavy (non-hydrogen) atoms. The number of carbonyl (C=O) groups is 2. The van der Waals surface area contributed by atoms with Crippen molar-refractivity contribution in [1.82, 2.24) is 9.88 Å². The van der Waals surface area contributed by atoms with Gasteiger partial charge >= 0.3 is 0 Å². The lowest BCUT2D eigenvalue weighted by Gasteiger charge is -2.35. The zero-order valence-corrected chi connectivity index (χ0v) is 14.0. The third kappa shape index (κ3) is 3.85. The van der Waals surface area contributed by atoms with Crippen molar-refractivity contribution in [3.63, 3.8) is 0 Å². The number of aromatic nitrogens is 1. The van der Waals surface area contributed by atoms with Crippen LogP contribution in [-0.2, 0) is 16.0 Å². The minimum absolute atomic E-state index is 0.0610. The van der Waals surface area contributed by atoms with Gasteiger partial charge in [-0.05, 0) is 31.1 Å². The summed E-state index contributed by atoms with van der Waals surface area (Å²) in [5.74, 6) is 1.51. The minimum Gasteiger partial charge on any atom is -0.342 e. The lowest BCUT2D eigenvalue weighted by Crippen LogP contribution is -2.43. The number of amides is 2. The number of carbonyl (C=O) groups excluding carboxylic acids is 2. The Bertz CT molecular complexity index is 557. The number of nitrogens with one attached hydrogen (secondary N) is 1. The maximum atomic E-state index is 12.4. The molecule has 2 amide bonds. The molecule has 2 heterocycles. The third-order valence-corrected chi connectivity index (χ3v) is 5.09. The Labute approximate surface area is 135 Å². The van der Waals surface area contributed by atoms with Crippen LogP contribution < -0.4 is 5.32 Å². The van der Waals surface area contributed by atoms with Gasteiger partial charge in [0.1, 0.15) is 0 Å². The first kappa shape index (κ1) is 15.5. The topological polar surface area (TPSA) is 62.3 Å². The van der Waals surface area contributed by atoms with Gasteiger partial charge in [0.05, 0.1) is 12.1 Å². The molecule has 0 radical (unpaired) electrons. The molecule has 2 fully saturated rings. The summed E-state index contributed by atoms with van der Waals surface area (Å²) in [5, 5.41) is 5.32. The van der Waals surface area contributed by atoms with Gasteiger partial charge in [0.2, 0.25) is 11.8 Å². The number of hydrogen-bond acceptors (Lipinski definition) is 4. The van der Waals surface area contributed by atoms with E-state index >= 15 is 0 Å². The fourth-order valence-electron chi connectivity index (χ4n) is 3.13. The van der Waals surface area contributed by atoms with Gasteiger partial charge in [-0.1, -0.05) is 13.8 Å². The number of nitrogens with zero attached hydrogens (tertiary/aromatic N) is 2. The quantitative estimate of drug-likeness (QED) is 0.927. The van der Waals surface area contributed by atoms with Crippen molar-refractivity contribution < 1.29 is 9.59 Å². The summed E-state index contributed by atoms with van der Waals surface area (Å²) in [6.07, 6.45) is 3.48. The summed E-state index contributed by atoms with van der Waals surface area (Å²) in [5.41, 5.74) is 0.756. The molecular weight excluding hydrogens is 298 g/mol. The van der Waals surface area contributed by atoms with Gasteiger partial charge in [0.15, 0.2) is 5.13 Å². The van der Waals surface area contributed by atoms with Crippen molar-refractivity contribution in [2.24, 2.45) is 17.8 Å². The summed E-state index contributed by atoms with van der Waals surface area (Å²) >= 11 is 1.40. The van der Waals surface area contributed by atoms with Crippen molar-refractivity contribution in [2.75, 3.05) is 18.4 Å². The number of piperidine rings is 1. The van der Waals surface area contributed by atoms with Gasteiger partial charge in [-0.15, -0.1) is 11.3 Å². The first-order chi connectivity index (χ1) is 10.5. The second-order valence-electron chi connectivity index (χ2n) is 6.83. The van der Waals surface area contributed by atoms with Crippen molar-refractivity contribution >= 4 is 28.3 Å². The summed E-state index contributed by atoms with van der Waals surface area (Å²) < 4.78 is 0. The molecule has 0 aromatic carbocycles. The highest BCUT2D eigenvalue weighted by atomic mass is 32.1. The van der Waals surface area contributed by atoms with Crippen molar-refractivity contribution in [3.05, 3.63) is 11.1 Å². The number of hydrogen-bond donors (Lipinski definition) is 1. The number of rotatable bonds is 4. The molecular formula is C16H23N3O2S. The predicted molar refractivity (Wildman–Crippen MR) is 86.7 cm³/mol. The second-order valence-corrected chi connectivity index (χ2v) is 7.69. The van der Waals surface area contributed by atoms with E-state index in [0.29, 0.717) is 23.4 Å². The lowest BCUT2D eigenvalue weighted by molar-refractivity contribution is -0.133. The van der Waals surface area contributed by atoms with Gasteiger partial charge in [-0.25, -0.2) is 4.98 Å². The summed E-state index contributed by atoms with van der Waals surface area (Å²) in [6.45, 7) is 6.09. The SMILES string of the molecule is C[C@@H]1C[C@@H](C)CN(C(=O)Cc2csc(NC(=O)C3CC3)n2)C1. The smallest absolute Gasteiger partial charge is 0.229 e. The standard InChI is InChI=1S/C16H23N3O2S/c1-10-5-11(2)8-19(7-10)14(20)6-13-9-22-16(17-13)18-15(21)12-3-4-12/h9-12H,3-8H2,1-2H3,(H,17,18,21)/t10-,11-/m1/s1. The largest absolute Gasteiger partial charge is 0.342 e. The first-order valence-electron chi connectivity index (χ1n) is 8.04. The number of likely N-dealkylation sites (tertiary alicyclic amines) is 1. The van der Waals surface area contributed by atoms with E-state index in [4.69, 9.17) is 0 Å². The molecule has 1 aromatic heterocycles. The van der Waals surface area contributed by atoms with Crippen LogP contribution in [0.3, 0.4) is 0 Å². The van der Waals surface area contributed by atoms with Crippen molar-refractivity contribution in [2.45, 2.75) is 39.5 Å². The van der Waals surface area contributed by atoms with E-state index in [0.717, 1.165) is 31.6 Å². The summed E-state index contributed by atoms with van der Waals surface area (Å²) in [6, 6.07) is 0. The Balaban J connectivity index is 1.55. The van der Waals surface area contributed by atoms with Crippen LogP contribution in [0.15, 0.2) is 5.38 Å². The summed E-state index contributed by atoms with van der Waals surface area (Å²) in [7, 11) is 0. The van der Waals surface area contributed by atoms with Gasteiger partial charge < -0.3 is 10.2 Å². The Morgan fingerprint density at radius 3 is 2.64 bits per heavy atom. The third-order valence-electron chi connectivity index (χ3n) is 4.28. The predicted octanol–water partition coefficient (Wildman–Crippen LogP) is 2.54. The van der Waals surface area contributed by atoms with Gasteiger partial charge in [-0.2, -0.15) is 0 Å². The monoisotopic (exact) mass is 321 g/mol. The summed E-state index contributed by atoms with van der Waals surface area (Å²) in [4.78, 5) is 30.4. The molecule has 1 aliphatic heterocycles. The van der Waals surface area contributed by atoms with E-state index in [1.165, 1.54) is 17.8 Å². The van der Waals surface area contributed by atoms with Crippen molar-refractivity contribution in [1.29, 1.82) is 0 Å². The molecule has 3 rings (SSSR count). The van der Waals surface area contributed by atoms with E-state index in [1.807, 2.05) is 10.3 Å². The lowest BCUT2D eigenvalue weighted by atomic mass is 9.92. The number of thiazole rings is 1. The Morgan fingerprint density at radius 2 is 2.00 bits per heavy atom. The molecule has 1 saturated heterocycles. The van der Waals surface area contributed by atoms with Crippen LogP contribution >= 0.6 is 11.3 Å². The molecule has 2 atom stereocenters. The van der Waals surface area contributed by atoms with Crippen LogP contribution in [0, 0.1) is 17.8 Å². The average molecular weight is 321 g/mol. The molecule has 0 unspecified atom stereocenters. The maximum Gasteiger partial charge on any atom is 0.229 e. The second kappa shape index (κ2) is 6.36. The molecule has 1 N–H and O–H groups in total. The zero-order chi connectivity index (χ0) is 15.7. The molecule has 1 aromatic rings. The Hall–Kier alpha value is -1.43. The average Bonchev–Trinajstić information content (AvgIpc) is 3.21. The highest BCUT2D eigenvalue weighted by Crippen LogP contribution is 2.30. The van der Waals surface area contributed by atoms with Crippen LogP contribution in [0.25, 0.3) is 0 Å². The normalized spacial score (nSPS) is 25.1. The Morgan fingerprint density at radius 1 is 1.32 bits per heavy atom. The molecule has 1 aliphatic carbocycles. The maximum absolute atomic E-state index is 12.4. The molecule has 5 nitrogen and oxygen atoms in total.